The van der Waals surface area contributed by atoms with Crippen LogP contribution in [-0.4, -0.2) is 15.6 Å². The maximum Gasteiger partial charge on any atom is 0.352 e. The molecule has 1 rings (SSSR count). The van der Waals surface area contributed by atoms with Crippen LogP contribution in [0.4, 0.5) is 0 Å². The molecule has 1 aromatic heterocycles. The Labute approximate surface area is 88.2 Å². The lowest BCUT2D eigenvalue weighted by molar-refractivity contribution is 0.0682. The van der Waals surface area contributed by atoms with Gasteiger partial charge in [0.15, 0.2) is 0 Å². The summed E-state index contributed by atoms with van der Waals surface area (Å²) in [6.45, 7) is 4.46. The molecule has 0 aromatic carbocycles. The molecule has 4 heteroatoms. The Morgan fingerprint density at radius 2 is 2.20 bits per heavy atom. The maximum atomic E-state index is 11.5. The monoisotopic (exact) mass is 209 g/mol. The topological polar surface area (TPSA) is 59.3 Å². The molecule has 0 saturated carbocycles. The summed E-state index contributed by atoms with van der Waals surface area (Å²) in [6, 6.07) is 4.31. The maximum absolute atomic E-state index is 11.5. The quantitative estimate of drug-likeness (QED) is 0.819. The van der Waals surface area contributed by atoms with Crippen molar-refractivity contribution in [3.05, 3.63) is 34.2 Å². The molecule has 0 amide bonds. The second-order valence-electron chi connectivity index (χ2n) is 3.68. The first-order valence-electron chi connectivity index (χ1n) is 4.99. The summed E-state index contributed by atoms with van der Waals surface area (Å²) in [5.74, 6) is -0.765. The highest BCUT2D eigenvalue weighted by molar-refractivity contribution is 5.85. The largest absolute Gasteiger partial charge is 0.477 e. The van der Waals surface area contributed by atoms with E-state index in [4.69, 9.17) is 5.11 Å². The van der Waals surface area contributed by atoms with E-state index < -0.39 is 5.97 Å². The number of carbonyl (C=O) groups is 1. The highest BCUT2D eigenvalue weighted by atomic mass is 16.4. The van der Waals surface area contributed by atoms with Crippen molar-refractivity contribution < 1.29 is 9.90 Å². The Kier molecular flexibility index (Phi) is 3.66. The second-order valence-corrected chi connectivity index (χ2v) is 3.68. The van der Waals surface area contributed by atoms with Gasteiger partial charge in [0.25, 0.3) is 5.56 Å². The number of aromatic nitrogens is 1. The third kappa shape index (κ3) is 2.68. The molecule has 15 heavy (non-hydrogen) atoms. The first kappa shape index (κ1) is 11.5. The lowest BCUT2D eigenvalue weighted by Crippen LogP contribution is -2.27. The zero-order chi connectivity index (χ0) is 11.4. The Bertz CT molecular complexity index is 409. The molecule has 0 fully saturated rings. The van der Waals surface area contributed by atoms with Crippen LogP contribution in [0.3, 0.4) is 0 Å². The average molecular weight is 209 g/mol. The molecule has 0 aliphatic rings. The number of aromatic carboxylic acids is 1. The van der Waals surface area contributed by atoms with Gasteiger partial charge in [-0.2, -0.15) is 0 Å². The van der Waals surface area contributed by atoms with Gasteiger partial charge in [0.05, 0.1) is 0 Å². The lowest BCUT2D eigenvalue weighted by atomic mass is 10.1. The van der Waals surface area contributed by atoms with Gasteiger partial charge in [-0.15, -0.1) is 0 Å². The fourth-order valence-corrected chi connectivity index (χ4v) is 1.34. The minimum Gasteiger partial charge on any atom is -0.477 e. The molecule has 82 valence electrons. The van der Waals surface area contributed by atoms with Crippen molar-refractivity contribution in [2.24, 2.45) is 5.92 Å². The highest BCUT2D eigenvalue weighted by Gasteiger charge is 2.11. The Morgan fingerprint density at radius 1 is 1.53 bits per heavy atom. The van der Waals surface area contributed by atoms with Crippen LogP contribution >= 0.6 is 0 Å². The van der Waals surface area contributed by atoms with Crippen molar-refractivity contribution >= 4 is 5.97 Å². The number of hydrogen-bond acceptors (Lipinski definition) is 2. The molecule has 0 bridgehead atoms. The van der Waals surface area contributed by atoms with Gasteiger partial charge in [-0.1, -0.05) is 26.3 Å². The molecular weight excluding hydrogens is 194 g/mol. The minimum absolute atomic E-state index is 0.0581. The van der Waals surface area contributed by atoms with E-state index in [-0.39, 0.29) is 11.3 Å². The number of hydrogen-bond donors (Lipinski definition) is 1. The zero-order valence-electron chi connectivity index (χ0n) is 8.93. The van der Waals surface area contributed by atoms with Gasteiger partial charge in [-0.3, -0.25) is 4.79 Å². The summed E-state index contributed by atoms with van der Waals surface area (Å²) >= 11 is 0. The van der Waals surface area contributed by atoms with E-state index in [1.54, 1.807) is 0 Å². The van der Waals surface area contributed by atoms with Gasteiger partial charge < -0.3 is 9.67 Å². The number of nitrogens with zero attached hydrogens (tertiary/aromatic N) is 1. The van der Waals surface area contributed by atoms with Crippen molar-refractivity contribution in [3.63, 3.8) is 0 Å². The number of rotatable bonds is 4. The number of carboxylic acid groups (broad SMARTS) is 1. The van der Waals surface area contributed by atoms with Crippen LogP contribution in [0, 0.1) is 5.92 Å². The molecular formula is C11H15NO3. The number of carboxylic acids is 1. The molecule has 1 aromatic rings. The number of pyridine rings is 1. The summed E-state index contributed by atoms with van der Waals surface area (Å²) in [4.78, 5) is 22.4. The Morgan fingerprint density at radius 3 is 2.73 bits per heavy atom. The normalized spacial score (nSPS) is 12.4. The van der Waals surface area contributed by atoms with E-state index in [2.05, 4.69) is 0 Å². The van der Waals surface area contributed by atoms with Crippen LogP contribution in [0.2, 0.25) is 0 Å². The summed E-state index contributed by atoms with van der Waals surface area (Å²) in [7, 11) is 0. The van der Waals surface area contributed by atoms with Gasteiger partial charge in [0.1, 0.15) is 5.69 Å². The molecule has 1 atom stereocenters. The second kappa shape index (κ2) is 4.77. The van der Waals surface area contributed by atoms with Gasteiger partial charge in [0.2, 0.25) is 0 Å². The predicted octanol–water partition coefficient (Wildman–Crippen LogP) is 1.59. The van der Waals surface area contributed by atoms with Crippen molar-refractivity contribution in [1.82, 2.24) is 4.57 Å². The summed E-state index contributed by atoms with van der Waals surface area (Å²) in [5.41, 5.74) is -0.196. The molecule has 0 saturated heterocycles. The third-order valence-electron chi connectivity index (χ3n) is 2.46. The van der Waals surface area contributed by atoms with Crippen LogP contribution in [0.1, 0.15) is 30.8 Å². The van der Waals surface area contributed by atoms with E-state index in [0.29, 0.717) is 12.5 Å². The van der Waals surface area contributed by atoms with E-state index >= 15 is 0 Å². The van der Waals surface area contributed by atoms with Crippen molar-refractivity contribution in [1.29, 1.82) is 0 Å². The van der Waals surface area contributed by atoms with Crippen molar-refractivity contribution in [3.8, 4) is 0 Å². The van der Waals surface area contributed by atoms with E-state index in [9.17, 15) is 9.59 Å². The minimum atomic E-state index is -1.06. The molecule has 0 aliphatic heterocycles. The fourth-order valence-electron chi connectivity index (χ4n) is 1.34. The van der Waals surface area contributed by atoms with Crippen molar-refractivity contribution in [2.75, 3.05) is 0 Å². The first-order valence-corrected chi connectivity index (χ1v) is 4.99. The average Bonchev–Trinajstić information content (AvgIpc) is 2.20. The van der Waals surface area contributed by atoms with Crippen LogP contribution in [0.15, 0.2) is 23.0 Å². The van der Waals surface area contributed by atoms with Crippen LogP contribution in [0.5, 0.6) is 0 Å². The Hall–Kier alpha value is -1.58. The van der Waals surface area contributed by atoms with Gasteiger partial charge >= 0.3 is 5.97 Å². The van der Waals surface area contributed by atoms with Gasteiger partial charge in [0, 0.05) is 12.6 Å². The van der Waals surface area contributed by atoms with E-state index in [1.165, 1.54) is 22.8 Å². The lowest BCUT2D eigenvalue weighted by Gasteiger charge is -2.13. The third-order valence-corrected chi connectivity index (χ3v) is 2.46. The molecule has 0 radical (unpaired) electrons. The van der Waals surface area contributed by atoms with Gasteiger partial charge in [-0.25, -0.2) is 4.79 Å². The van der Waals surface area contributed by atoms with Crippen molar-refractivity contribution in [2.45, 2.75) is 26.8 Å². The van der Waals surface area contributed by atoms with Crippen LogP contribution in [0.25, 0.3) is 0 Å². The zero-order valence-corrected chi connectivity index (χ0v) is 8.93. The summed E-state index contributed by atoms with van der Waals surface area (Å²) in [5, 5.41) is 8.92. The van der Waals surface area contributed by atoms with Crippen LogP contribution in [-0.2, 0) is 6.54 Å². The van der Waals surface area contributed by atoms with Crippen LogP contribution < -0.4 is 5.56 Å². The predicted molar refractivity (Wildman–Crippen MR) is 57.1 cm³/mol. The van der Waals surface area contributed by atoms with E-state index in [0.717, 1.165) is 6.42 Å². The SMILES string of the molecule is CCC(C)Cn1c(C(=O)O)cccc1=O. The summed E-state index contributed by atoms with van der Waals surface area (Å²) in [6.07, 6.45) is 0.917. The first-order chi connectivity index (χ1) is 7.06. The standard InChI is InChI=1S/C11H15NO3/c1-3-8(2)7-12-9(11(14)15)5-4-6-10(12)13/h4-6,8H,3,7H2,1-2H3,(H,14,15). The molecule has 1 unspecified atom stereocenters. The van der Waals surface area contributed by atoms with Gasteiger partial charge in [-0.05, 0) is 12.0 Å². The van der Waals surface area contributed by atoms with E-state index in [1.807, 2.05) is 13.8 Å². The molecule has 1 N–H and O–H groups in total. The molecule has 0 spiro atoms. The molecule has 4 nitrogen and oxygen atoms in total. The smallest absolute Gasteiger partial charge is 0.352 e. The molecule has 0 aliphatic carbocycles. The Balaban J connectivity index is 3.13. The summed E-state index contributed by atoms with van der Waals surface area (Å²) < 4.78 is 1.32. The highest BCUT2D eigenvalue weighted by Crippen LogP contribution is 2.06. The fraction of sp³-hybridized carbons (Fsp3) is 0.455. The molecule has 1 heterocycles.